The molecule has 0 aliphatic carbocycles. The van der Waals surface area contributed by atoms with Crippen molar-refractivity contribution in [1.29, 1.82) is 0 Å². The van der Waals surface area contributed by atoms with Crippen molar-refractivity contribution in [2.45, 2.75) is 155 Å². The van der Waals surface area contributed by atoms with Gasteiger partial charge in [0.25, 0.3) is 0 Å². The molecular weight excluding hydrogens is 477 g/mol. The van der Waals surface area contributed by atoms with Gasteiger partial charge in [-0.15, -0.1) is 0 Å². The van der Waals surface area contributed by atoms with Gasteiger partial charge in [-0.25, -0.2) is 0 Å². The van der Waals surface area contributed by atoms with Gasteiger partial charge < -0.3 is 17.7 Å². The van der Waals surface area contributed by atoms with Gasteiger partial charge in [0.1, 0.15) is 0 Å². The third kappa shape index (κ3) is 7.14. The second-order valence-electron chi connectivity index (χ2n) is 13.0. The molecule has 200 valence electrons. The second kappa shape index (κ2) is 11.4. The van der Waals surface area contributed by atoms with Crippen molar-refractivity contribution in [3.05, 3.63) is 0 Å². The number of hydrogen-bond donors (Lipinski definition) is 0. The van der Waals surface area contributed by atoms with Crippen molar-refractivity contribution in [1.82, 2.24) is 0 Å². The van der Waals surface area contributed by atoms with Gasteiger partial charge >= 0.3 is 8.56 Å². The van der Waals surface area contributed by atoms with Crippen LogP contribution in [-0.4, -0.2) is 57.2 Å². The van der Waals surface area contributed by atoms with E-state index in [1.165, 1.54) is 0 Å². The first-order valence-electron chi connectivity index (χ1n) is 13.2. The molecule has 0 aromatic heterocycles. The first kappa shape index (κ1) is 33.7. The highest BCUT2D eigenvalue weighted by molar-refractivity contribution is 6.79. The Bertz CT molecular complexity index is 623. The Morgan fingerprint density at radius 2 is 1.12 bits per heavy atom. The zero-order valence-corrected chi connectivity index (χ0v) is 29.7. The van der Waals surface area contributed by atoms with Gasteiger partial charge in [0.2, 0.25) is 0 Å². The highest BCUT2D eigenvalue weighted by atomic mass is 28.4. The SMILES string of the molecule is CCC(C)(O[Si](C)(OC)C(C)(CC)O[Si](C)(C)C)C(C)(CC)[SiH](C)OC(C)(CC)[Si](C)(C)C. The first-order chi connectivity index (χ1) is 14.6. The summed E-state index contributed by atoms with van der Waals surface area (Å²) in [6.07, 6.45) is 3.89. The van der Waals surface area contributed by atoms with Crippen molar-refractivity contribution in [2.75, 3.05) is 7.11 Å². The van der Waals surface area contributed by atoms with E-state index < -0.39 is 39.2 Å². The van der Waals surface area contributed by atoms with Gasteiger partial charge in [0.05, 0.1) is 18.9 Å². The minimum absolute atomic E-state index is 0.0232. The maximum atomic E-state index is 7.32. The van der Waals surface area contributed by atoms with Crippen LogP contribution in [0.1, 0.15) is 81.1 Å². The van der Waals surface area contributed by atoms with E-state index in [0.717, 1.165) is 25.7 Å². The van der Waals surface area contributed by atoms with Gasteiger partial charge in [-0.05, 0) is 79.2 Å². The van der Waals surface area contributed by atoms with E-state index in [4.69, 9.17) is 17.7 Å². The third-order valence-electron chi connectivity index (χ3n) is 9.19. The van der Waals surface area contributed by atoms with Crippen molar-refractivity contribution >= 4 is 34.0 Å². The lowest BCUT2D eigenvalue weighted by Gasteiger charge is -2.56. The van der Waals surface area contributed by atoms with Gasteiger partial charge in [0.15, 0.2) is 17.4 Å². The molecule has 0 aliphatic heterocycles. The molecule has 0 heterocycles. The average molecular weight is 537 g/mol. The van der Waals surface area contributed by atoms with Crippen molar-refractivity contribution < 1.29 is 17.7 Å². The maximum Gasteiger partial charge on any atom is 0.366 e. The molecule has 0 amide bonds. The largest absolute Gasteiger partial charge is 0.417 e. The highest BCUT2D eigenvalue weighted by Gasteiger charge is 2.60. The molecule has 0 radical (unpaired) electrons. The molecule has 0 rings (SSSR count). The van der Waals surface area contributed by atoms with Crippen LogP contribution in [0.4, 0.5) is 0 Å². The minimum Gasteiger partial charge on any atom is -0.417 e. The van der Waals surface area contributed by atoms with Crippen molar-refractivity contribution in [2.24, 2.45) is 0 Å². The lowest BCUT2D eigenvalue weighted by atomic mass is 9.85. The Labute approximate surface area is 213 Å². The predicted molar refractivity (Wildman–Crippen MR) is 156 cm³/mol. The molecule has 0 aromatic rings. The first-order valence-corrected chi connectivity index (χ1v) is 24.7. The molecule has 0 saturated carbocycles. The fourth-order valence-electron chi connectivity index (χ4n) is 4.95. The molecule has 33 heavy (non-hydrogen) atoms. The lowest BCUT2D eigenvalue weighted by molar-refractivity contribution is -0.0381. The molecule has 0 aromatic carbocycles. The van der Waals surface area contributed by atoms with Crippen molar-refractivity contribution in [3.63, 3.8) is 0 Å². The second-order valence-corrected chi connectivity index (χ2v) is 29.3. The standard InChI is InChI=1S/C25H60O4Si4/c1-18-22(5,28-33(17,26-9)25(8,21-4)29-32(14,15)16)23(6,19-2)30(10)27-24(7,20-3)31(11,12)13/h30H,18-21H2,1-17H3. The molecule has 0 aliphatic rings. The Morgan fingerprint density at radius 1 is 0.667 bits per heavy atom. The molecular formula is C25H60O4Si4. The van der Waals surface area contributed by atoms with E-state index >= 15 is 0 Å². The molecule has 0 saturated heterocycles. The average Bonchev–Trinajstić information content (AvgIpc) is 2.69. The number of rotatable bonds is 15. The van der Waals surface area contributed by atoms with Crippen LogP contribution in [-0.2, 0) is 17.7 Å². The van der Waals surface area contributed by atoms with E-state index in [9.17, 15) is 0 Å². The topological polar surface area (TPSA) is 36.9 Å². The van der Waals surface area contributed by atoms with Gasteiger partial charge in [-0.3, -0.25) is 0 Å². The summed E-state index contributed by atoms with van der Waals surface area (Å²) in [5.41, 5.74) is -0.350. The smallest absolute Gasteiger partial charge is 0.366 e. The van der Waals surface area contributed by atoms with Crippen LogP contribution < -0.4 is 0 Å². The minimum atomic E-state index is -2.73. The van der Waals surface area contributed by atoms with Gasteiger partial charge in [0, 0.05) is 17.4 Å². The summed E-state index contributed by atoms with van der Waals surface area (Å²) in [4.78, 5) is 0. The summed E-state index contributed by atoms with van der Waals surface area (Å²) in [6.45, 7) is 37.1. The highest BCUT2D eigenvalue weighted by Crippen LogP contribution is 2.53. The molecule has 8 heteroatoms. The summed E-state index contributed by atoms with van der Waals surface area (Å²) in [7, 11) is -5.89. The summed E-state index contributed by atoms with van der Waals surface area (Å²) in [5, 5.41) is -0.470. The molecule has 6 unspecified atom stereocenters. The third-order valence-corrected chi connectivity index (χ3v) is 22.0. The van der Waals surface area contributed by atoms with Crippen molar-refractivity contribution in [3.8, 4) is 0 Å². The quantitative estimate of drug-likeness (QED) is 0.198. The monoisotopic (exact) mass is 536 g/mol. The zero-order valence-electron chi connectivity index (χ0n) is 25.5. The van der Waals surface area contributed by atoms with Crippen LogP contribution in [0.15, 0.2) is 0 Å². The van der Waals surface area contributed by atoms with Crippen LogP contribution in [0, 0.1) is 0 Å². The van der Waals surface area contributed by atoms with Gasteiger partial charge in [-0.1, -0.05) is 54.3 Å². The van der Waals surface area contributed by atoms with Crippen LogP contribution in [0.2, 0.25) is 57.4 Å². The van der Waals surface area contributed by atoms with E-state index in [2.05, 4.69) is 108 Å². The fraction of sp³-hybridized carbons (Fsp3) is 1.00. The van der Waals surface area contributed by atoms with Crippen LogP contribution in [0.3, 0.4) is 0 Å². The van der Waals surface area contributed by atoms with E-state index in [0.29, 0.717) is 0 Å². The number of hydrogen-bond acceptors (Lipinski definition) is 4. The summed E-state index contributed by atoms with van der Waals surface area (Å²) >= 11 is 0. The van der Waals surface area contributed by atoms with Crippen LogP contribution >= 0.6 is 0 Å². The Morgan fingerprint density at radius 3 is 1.39 bits per heavy atom. The summed E-state index contributed by atoms with van der Waals surface area (Å²) in [6, 6.07) is 0. The maximum absolute atomic E-state index is 7.32. The molecule has 4 nitrogen and oxygen atoms in total. The summed E-state index contributed by atoms with van der Waals surface area (Å²) in [5.74, 6) is 0. The molecule has 0 fully saturated rings. The lowest BCUT2D eigenvalue weighted by Crippen LogP contribution is -2.67. The van der Waals surface area contributed by atoms with Gasteiger partial charge in [-0.2, -0.15) is 0 Å². The van der Waals surface area contributed by atoms with Crippen LogP contribution in [0.5, 0.6) is 0 Å². The molecule has 6 atom stereocenters. The Balaban J connectivity index is 6.44. The van der Waals surface area contributed by atoms with E-state index in [1.807, 2.05) is 7.11 Å². The Kier molecular flexibility index (Phi) is 11.6. The fourth-order valence-corrected chi connectivity index (χ4v) is 16.7. The Hall–Kier alpha value is 0.708. The molecule has 0 bridgehead atoms. The molecule has 0 N–H and O–H groups in total. The molecule has 0 spiro atoms. The summed E-state index contributed by atoms with van der Waals surface area (Å²) < 4.78 is 27.6. The van der Waals surface area contributed by atoms with E-state index in [-0.39, 0.29) is 15.9 Å². The van der Waals surface area contributed by atoms with Crippen LogP contribution in [0.25, 0.3) is 0 Å². The normalized spacial score (nSPS) is 23.5. The zero-order chi connectivity index (χ0) is 26.7. The predicted octanol–water partition coefficient (Wildman–Crippen LogP) is 8.04. The van der Waals surface area contributed by atoms with E-state index in [1.54, 1.807) is 0 Å².